The van der Waals surface area contributed by atoms with E-state index in [1.807, 2.05) is 6.92 Å². The quantitative estimate of drug-likeness (QED) is 0.490. The van der Waals surface area contributed by atoms with Gasteiger partial charge in [0.2, 0.25) is 10.9 Å². The van der Waals surface area contributed by atoms with Crippen LogP contribution in [0.2, 0.25) is 0 Å². The van der Waals surface area contributed by atoms with Gasteiger partial charge in [-0.2, -0.15) is 0 Å². The van der Waals surface area contributed by atoms with Crippen LogP contribution >= 0.6 is 11.3 Å². The average molecular weight is 449 g/mol. The Balaban J connectivity index is 1.77. The number of hydrogen-bond donors (Lipinski definition) is 1. The fourth-order valence-corrected chi connectivity index (χ4v) is 4.92. The third-order valence-electron chi connectivity index (χ3n) is 5.42. The first-order valence-corrected chi connectivity index (χ1v) is 10.9. The molecule has 8 nitrogen and oxygen atoms in total. The highest BCUT2D eigenvalue weighted by Crippen LogP contribution is 2.43. The van der Waals surface area contributed by atoms with Crippen molar-refractivity contribution in [2.24, 2.45) is 0 Å². The minimum Gasteiger partial charge on any atom is -0.504 e. The summed E-state index contributed by atoms with van der Waals surface area (Å²) in [5, 5.41) is 20.1. The van der Waals surface area contributed by atoms with Crippen molar-refractivity contribution in [3.8, 4) is 11.5 Å². The fourth-order valence-electron chi connectivity index (χ4n) is 3.95. The maximum Gasteiger partial charge on any atom is 0.297 e. The molecule has 162 valence electrons. The number of anilines is 1. The van der Waals surface area contributed by atoms with Crippen LogP contribution in [0.25, 0.3) is 11.0 Å². The van der Waals surface area contributed by atoms with Gasteiger partial charge in [0, 0.05) is 6.42 Å². The van der Waals surface area contributed by atoms with Gasteiger partial charge in [0.05, 0.1) is 24.1 Å². The van der Waals surface area contributed by atoms with Crippen LogP contribution in [0.3, 0.4) is 0 Å². The van der Waals surface area contributed by atoms with Crippen LogP contribution in [0.15, 0.2) is 51.7 Å². The van der Waals surface area contributed by atoms with Crippen LogP contribution < -0.4 is 15.1 Å². The van der Waals surface area contributed by atoms with Crippen molar-refractivity contribution >= 4 is 33.3 Å². The van der Waals surface area contributed by atoms with Crippen LogP contribution in [-0.2, 0) is 6.42 Å². The molecule has 1 aliphatic heterocycles. The Hall–Kier alpha value is -3.72. The predicted molar refractivity (Wildman–Crippen MR) is 120 cm³/mol. The second-order valence-corrected chi connectivity index (χ2v) is 8.45. The molecule has 1 atom stereocenters. The lowest BCUT2D eigenvalue weighted by Crippen LogP contribution is -2.29. The monoisotopic (exact) mass is 449 g/mol. The number of carbonyl (C=O) groups is 1. The van der Waals surface area contributed by atoms with E-state index in [2.05, 4.69) is 10.2 Å². The van der Waals surface area contributed by atoms with Crippen molar-refractivity contribution in [1.29, 1.82) is 0 Å². The number of aromatic nitrogens is 2. The van der Waals surface area contributed by atoms with E-state index in [1.54, 1.807) is 36.4 Å². The summed E-state index contributed by atoms with van der Waals surface area (Å²) in [5.74, 6) is -0.284. The van der Waals surface area contributed by atoms with E-state index in [1.165, 1.54) is 29.4 Å². The molecule has 1 amide bonds. The molecule has 1 aliphatic rings. The van der Waals surface area contributed by atoms with E-state index in [0.29, 0.717) is 21.7 Å². The van der Waals surface area contributed by atoms with E-state index in [0.717, 1.165) is 17.8 Å². The van der Waals surface area contributed by atoms with Crippen LogP contribution in [-0.4, -0.2) is 28.3 Å². The molecule has 0 saturated carbocycles. The second-order valence-electron chi connectivity index (χ2n) is 7.41. The molecule has 1 unspecified atom stereocenters. The standard InChI is InChI=1S/C23H19N3O5S/c1-3-6-17-24-25-23(32-17)26-19(12-9-10-14(27)16(11-12)30-2)18-20(28)13-7-4-5-8-15(13)31-21(18)22(26)29/h4-5,7-11,19,27H,3,6H2,1-2H3. The van der Waals surface area contributed by atoms with Gasteiger partial charge in [-0.05, 0) is 36.2 Å². The molecule has 2 aromatic carbocycles. The largest absolute Gasteiger partial charge is 0.504 e. The molecule has 32 heavy (non-hydrogen) atoms. The highest BCUT2D eigenvalue weighted by molar-refractivity contribution is 7.15. The maximum atomic E-state index is 13.5. The Morgan fingerprint density at radius 2 is 2.00 bits per heavy atom. The summed E-state index contributed by atoms with van der Waals surface area (Å²) < 4.78 is 11.2. The van der Waals surface area contributed by atoms with Gasteiger partial charge in [0.25, 0.3) is 5.91 Å². The first-order chi connectivity index (χ1) is 15.5. The number of aryl methyl sites for hydroxylation is 1. The summed E-state index contributed by atoms with van der Waals surface area (Å²) in [5.41, 5.74) is 0.876. The van der Waals surface area contributed by atoms with Crippen LogP contribution in [0.4, 0.5) is 5.13 Å². The lowest BCUT2D eigenvalue weighted by atomic mass is 9.98. The number of hydrogen-bond acceptors (Lipinski definition) is 8. The lowest BCUT2D eigenvalue weighted by molar-refractivity contribution is 0.0970. The van der Waals surface area contributed by atoms with Gasteiger partial charge >= 0.3 is 0 Å². The fraction of sp³-hybridized carbons (Fsp3) is 0.217. The van der Waals surface area contributed by atoms with Crippen molar-refractivity contribution < 1.29 is 19.1 Å². The number of methoxy groups -OCH3 is 1. The zero-order valence-electron chi connectivity index (χ0n) is 17.4. The van der Waals surface area contributed by atoms with E-state index in [-0.39, 0.29) is 28.3 Å². The number of para-hydroxylation sites is 1. The highest BCUT2D eigenvalue weighted by Gasteiger charge is 2.45. The summed E-state index contributed by atoms with van der Waals surface area (Å²) >= 11 is 1.31. The summed E-state index contributed by atoms with van der Waals surface area (Å²) in [6.45, 7) is 2.04. The first-order valence-electron chi connectivity index (χ1n) is 10.1. The molecular formula is C23H19N3O5S. The first kappa shape index (κ1) is 20.2. The third kappa shape index (κ3) is 3.04. The van der Waals surface area contributed by atoms with Crippen LogP contribution in [0.1, 0.15) is 46.1 Å². The molecule has 0 bridgehead atoms. The molecule has 9 heteroatoms. The number of ether oxygens (including phenoxy) is 1. The number of fused-ring (bicyclic) bond motifs is 2. The number of phenolic OH excluding ortho intramolecular Hbond substituents is 1. The summed E-state index contributed by atoms with van der Waals surface area (Å²) in [4.78, 5) is 28.5. The molecule has 0 aliphatic carbocycles. The minimum absolute atomic E-state index is 0.0158. The smallest absolute Gasteiger partial charge is 0.297 e. The topological polar surface area (TPSA) is 106 Å². The highest BCUT2D eigenvalue weighted by atomic mass is 32.1. The normalized spacial score (nSPS) is 15.4. The summed E-state index contributed by atoms with van der Waals surface area (Å²) in [6.07, 6.45) is 1.64. The van der Waals surface area contributed by atoms with E-state index in [9.17, 15) is 14.7 Å². The van der Waals surface area contributed by atoms with Gasteiger partial charge in [-0.3, -0.25) is 14.5 Å². The molecule has 1 N–H and O–H groups in total. The SMILES string of the molecule is CCCc1nnc(N2C(=O)c3oc4ccccc4c(=O)c3C2c2ccc(O)c(OC)c2)s1. The van der Waals surface area contributed by atoms with Gasteiger partial charge in [0.15, 0.2) is 16.9 Å². The average Bonchev–Trinajstić information content (AvgIpc) is 3.37. The number of nitrogens with zero attached hydrogens (tertiary/aromatic N) is 3. The van der Waals surface area contributed by atoms with Crippen molar-refractivity contribution in [3.63, 3.8) is 0 Å². The molecule has 0 saturated heterocycles. The Morgan fingerprint density at radius 1 is 1.19 bits per heavy atom. The van der Waals surface area contributed by atoms with Gasteiger partial charge in [0.1, 0.15) is 10.6 Å². The summed E-state index contributed by atoms with van der Waals surface area (Å²) in [7, 11) is 1.44. The summed E-state index contributed by atoms with van der Waals surface area (Å²) in [6, 6.07) is 10.8. The van der Waals surface area contributed by atoms with Crippen molar-refractivity contribution in [3.05, 3.63) is 74.6 Å². The van der Waals surface area contributed by atoms with Crippen molar-refractivity contribution in [2.45, 2.75) is 25.8 Å². The Bertz CT molecular complexity index is 1410. The van der Waals surface area contributed by atoms with Crippen LogP contribution in [0, 0.1) is 0 Å². The molecule has 2 aromatic heterocycles. The Labute approximate surface area is 186 Å². The predicted octanol–water partition coefficient (Wildman–Crippen LogP) is 4.06. The minimum atomic E-state index is -0.796. The number of benzene rings is 2. The zero-order valence-corrected chi connectivity index (χ0v) is 18.2. The third-order valence-corrected chi connectivity index (χ3v) is 6.41. The van der Waals surface area contributed by atoms with Crippen LogP contribution in [0.5, 0.6) is 11.5 Å². The van der Waals surface area contributed by atoms with E-state index < -0.39 is 11.9 Å². The number of rotatable bonds is 5. The number of aromatic hydroxyl groups is 1. The molecule has 4 aromatic rings. The van der Waals surface area contributed by atoms with Gasteiger partial charge in [-0.1, -0.05) is 36.5 Å². The molecule has 0 spiro atoms. The number of carbonyl (C=O) groups excluding carboxylic acids is 1. The second kappa shape index (κ2) is 7.76. The van der Waals surface area contributed by atoms with Crippen molar-refractivity contribution in [1.82, 2.24) is 10.2 Å². The molecule has 0 fully saturated rings. The molecule has 5 rings (SSSR count). The number of phenols is 1. The Morgan fingerprint density at radius 3 is 2.78 bits per heavy atom. The van der Waals surface area contributed by atoms with Gasteiger partial charge in [-0.15, -0.1) is 10.2 Å². The number of amides is 1. The molecular weight excluding hydrogens is 430 g/mol. The molecule has 0 radical (unpaired) electrons. The molecule has 3 heterocycles. The van der Waals surface area contributed by atoms with Gasteiger partial charge in [-0.25, -0.2) is 0 Å². The maximum absolute atomic E-state index is 13.5. The van der Waals surface area contributed by atoms with E-state index in [4.69, 9.17) is 9.15 Å². The van der Waals surface area contributed by atoms with E-state index >= 15 is 0 Å². The zero-order chi connectivity index (χ0) is 22.4. The lowest BCUT2D eigenvalue weighted by Gasteiger charge is -2.22. The Kier molecular flexibility index (Phi) is 4.90. The van der Waals surface area contributed by atoms with Gasteiger partial charge < -0.3 is 14.3 Å². The van der Waals surface area contributed by atoms with Crippen molar-refractivity contribution in [2.75, 3.05) is 12.0 Å².